The number of rotatable bonds is 3. The van der Waals surface area contributed by atoms with Crippen molar-refractivity contribution in [1.82, 2.24) is 4.90 Å². The van der Waals surface area contributed by atoms with Gasteiger partial charge < -0.3 is 10.0 Å². The summed E-state index contributed by atoms with van der Waals surface area (Å²) in [7, 11) is 0. The van der Waals surface area contributed by atoms with E-state index in [0.717, 1.165) is 19.0 Å². The summed E-state index contributed by atoms with van der Waals surface area (Å²) >= 11 is 0. The standard InChI is InChI=1S/C23H33NO2/c1-21(2,3)19-8-6-5-7-17(19)9-16-10-23(11-16)14-24(15-23)20(25)18-12-22(4,26)13-18/h5-8,16,18,26H,9-15H2,1-4H3/t18-,22+. The van der Waals surface area contributed by atoms with Gasteiger partial charge in [0.1, 0.15) is 0 Å². The van der Waals surface area contributed by atoms with Gasteiger partial charge in [-0.3, -0.25) is 4.79 Å². The van der Waals surface area contributed by atoms with Crippen molar-refractivity contribution in [1.29, 1.82) is 0 Å². The van der Waals surface area contributed by atoms with Crippen LogP contribution < -0.4 is 0 Å². The second kappa shape index (κ2) is 5.82. The van der Waals surface area contributed by atoms with Crippen molar-refractivity contribution in [3.63, 3.8) is 0 Å². The average molecular weight is 356 g/mol. The zero-order valence-electron chi connectivity index (χ0n) is 16.7. The molecule has 3 aliphatic rings. The Kier molecular flexibility index (Phi) is 4.04. The van der Waals surface area contributed by atoms with Gasteiger partial charge in [-0.2, -0.15) is 0 Å². The summed E-state index contributed by atoms with van der Waals surface area (Å²) in [5.74, 6) is 1.11. The van der Waals surface area contributed by atoms with Crippen LogP contribution in [-0.2, 0) is 16.6 Å². The van der Waals surface area contributed by atoms with Gasteiger partial charge in [-0.15, -0.1) is 0 Å². The Bertz CT molecular complexity index is 693. The molecule has 0 atom stereocenters. The molecule has 1 saturated heterocycles. The van der Waals surface area contributed by atoms with Gasteiger partial charge in [-0.25, -0.2) is 0 Å². The number of hydrogen-bond acceptors (Lipinski definition) is 2. The molecule has 1 heterocycles. The largest absolute Gasteiger partial charge is 0.390 e. The maximum absolute atomic E-state index is 12.5. The molecule has 1 aromatic rings. The van der Waals surface area contributed by atoms with E-state index in [0.29, 0.717) is 18.3 Å². The maximum atomic E-state index is 12.5. The summed E-state index contributed by atoms with van der Waals surface area (Å²) in [6.07, 6.45) is 4.98. The van der Waals surface area contributed by atoms with E-state index >= 15 is 0 Å². The highest BCUT2D eigenvalue weighted by Gasteiger charge is 2.55. The number of nitrogens with zero attached hydrogens (tertiary/aromatic N) is 1. The van der Waals surface area contributed by atoms with E-state index in [-0.39, 0.29) is 17.2 Å². The van der Waals surface area contributed by atoms with Crippen LogP contribution in [0.3, 0.4) is 0 Å². The number of likely N-dealkylation sites (tertiary alicyclic amines) is 1. The van der Waals surface area contributed by atoms with Gasteiger partial charge in [0.2, 0.25) is 5.91 Å². The topological polar surface area (TPSA) is 40.5 Å². The number of benzene rings is 1. The summed E-state index contributed by atoms with van der Waals surface area (Å²) in [4.78, 5) is 14.5. The molecule has 1 N–H and O–H groups in total. The molecule has 0 unspecified atom stereocenters. The lowest BCUT2D eigenvalue weighted by Crippen LogP contribution is -2.66. The first-order chi connectivity index (χ1) is 12.1. The minimum absolute atomic E-state index is 0.0666. The van der Waals surface area contributed by atoms with Crippen molar-refractivity contribution in [3.8, 4) is 0 Å². The molecule has 3 heteroatoms. The smallest absolute Gasteiger partial charge is 0.225 e. The highest BCUT2D eigenvalue weighted by atomic mass is 16.3. The average Bonchev–Trinajstić information content (AvgIpc) is 2.44. The third-order valence-electron chi connectivity index (χ3n) is 6.86. The first kappa shape index (κ1) is 18.0. The van der Waals surface area contributed by atoms with E-state index in [1.165, 1.54) is 30.4 Å². The molecule has 1 aromatic carbocycles. The lowest BCUT2D eigenvalue weighted by Gasteiger charge is -2.60. The maximum Gasteiger partial charge on any atom is 0.225 e. The highest BCUT2D eigenvalue weighted by Crippen LogP contribution is 2.54. The predicted octanol–water partition coefficient (Wildman–Crippen LogP) is 3.93. The van der Waals surface area contributed by atoms with E-state index in [1.807, 2.05) is 11.8 Å². The van der Waals surface area contributed by atoms with Crippen molar-refractivity contribution in [3.05, 3.63) is 35.4 Å². The van der Waals surface area contributed by atoms with Crippen LogP contribution in [-0.4, -0.2) is 34.6 Å². The van der Waals surface area contributed by atoms with Gasteiger partial charge in [0.05, 0.1) is 5.60 Å². The lowest BCUT2D eigenvalue weighted by atomic mass is 9.56. The number of aliphatic hydroxyl groups is 1. The predicted molar refractivity (Wildman–Crippen MR) is 104 cm³/mol. The summed E-state index contributed by atoms with van der Waals surface area (Å²) in [5, 5.41) is 9.85. The Hall–Kier alpha value is -1.35. The van der Waals surface area contributed by atoms with Crippen LogP contribution in [0.5, 0.6) is 0 Å². The number of amides is 1. The van der Waals surface area contributed by atoms with Crippen LogP contribution in [0.4, 0.5) is 0 Å². The number of carbonyl (C=O) groups is 1. The first-order valence-electron chi connectivity index (χ1n) is 10.2. The molecule has 1 amide bonds. The fraction of sp³-hybridized carbons (Fsp3) is 0.696. The minimum atomic E-state index is -0.606. The second-order valence-corrected chi connectivity index (χ2v) is 10.7. The third kappa shape index (κ3) is 3.19. The summed E-state index contributed by atoms with van der Waals surface area (Å²) in [6.45, 7) is 10.6. The third-order valence-corrected chi connectivity index (χ3v) is 6.86. The normalized spacial score (nSPS) is 30.5. The van der Waals surface area contributed by atoms with Crippen LogP contribution in [0, 0.1) is 17.3 Å². The van der Waals surface area contributed by atoms with Crippen molar-refractivity contribution >= 4 is 5.91 Å². The SMILES string of the molecule is CC(C)(C)c1ccccc1CC1CC2(C1)CN(C(=O)[C@H]1C[C@@](C)(O)C1)C2. The molecule has 1 aliphatic heterocycles. The van der Waals surface area contributed by atoms with Crippen LogP contribution in [0.25, 0.3) is 0 Å². The molecule has 4 rings (SSSR count). The number of carbonyl (C=O) groups excluding carboxylic acids is 1. The highest BCUT2D eigenvalue weighted by molar-refractivity contribution is 5.81. The van der Waals surface area contributed by atoms with E-state index in [2.05, 4.69) is 45.0 Å². The van der Waals surface area contributed by atoms with Crippen molar-refractivity contribution in [2.45, 2.75) is 70.8 Å². The van der Waals surface area contributed by atoms with Gasteiger partial charge >= 0.3 is 0 Å². The zero-order valence-corrected chi connectivity index (χ0v) is 16.7. The minimum Gasteiger partial charge on any atom is -0.390 e. The molecule has 2 saturated carbocycles. The molecule has 0 radical (unpaired) electrons. The van der Waals surface area contributed by atoms with Crippen LogP contribution in [0.2, 0.25) is 0 Å². The van der Waals surface area contributed by atoms with Gasteiger partial charge in [0.25, 0.3) is 0 Å². The summed E-state index contributed by atoms with van der Waals surface area (Å²) in [6, 6.07) is 8.89. The Labute approximate surface area is 157 Å². The molecule has 0 bridgehead atoms. The Morgan fingerprint density at radius 2 is 1.77 bits per heavy atom. The second-order valence-electron chi connectivity index (χ2n) is 10.7. The van der Waals surface area contributed by atoms with Gasteiger partial charge in [0.15, 0.2) is 0 Å². The number of hydrogen-bond donors (Lipinski definition) is 1. The molecule has 3 nitrogen and oxygen atoms in total. The molecule has 2 aliphatic carbocycles. The molecular formula is C23H33NO2. The van der Waals surface area contributed by atoms with Crippen molar-refractivity contribution in [2.24, 2.45) is 17.3 Å². The molecular weight excluding hydrogens is 322 g/mol. The quantitative estimate of drug-likeness (QED) is 0.892. The van der Waals surface area contributed by atoms with E-state index in [4.69, 9.17) is 0 Å². The first-order valence-corrected chi connectivity index (χ1v) is 10.2. The van der Waals surface area contributed by atoms with Gasteiger partial charge in [-0.05, 0) is 61.5 Å². The lowest BCUT2D eigenvalue weighted by molar-refractivity contribution is -0.171. The van der Waals surface area contributed by atoms with Crippen LogP contribution in [0.1, 0.15) is 64.5 Å². The molecule has 3 fully saturated rings. The van der Waals surface area contributed by atoms with Gasteiger partial charge in [0, 0.05) is 24.4 Å². The van der Waals surface area contributed by atoms with Crippen LogP contribution >= 0.6 is 0 Å². The van der Waals surface area contributed by atoms with E-state index < -0.39 is 5.60 Å². The Morgan fingerprint density at radius 3 is 2.35 bits per heavy atom. The molecule has 1 spiro atoms. The monoisotopic (exact) mass is 355 g/mol. The molecule has 26 heavy (non-hydrogen) atoms. The fourth-order valence-corrected chi connectivity index (χ4v) is 5.66. The molecule has 142 valence electrons. The molecule has 0 aromatic heterocycles. The van der Waals surface area contributed by atoms with E-state index in [1.54, 1.807) is 0 Å². The Morgan fingerprint density at radius 1 is 1.15 bits per heavy atom. The van der Waals surface area contributed by atoms with Gasteiger partial charge in [-0.1, -0.05) is 45.0 Å². The fourth-order valence-electron chi connectivity index (χ4n) is 5.66. The summed E-state index contributed by atoms with van der Waals surface area (Å²) < 4.78 is 0. The zero-order chi connectivity index (χ0) is 18.7. The van der Waals surface area contributed by atoms with Crippen molar-refractivity contribution < 1.29 is 9.90 Å². The van der Waals surface area contributed by atoms with Crippen molar-refractivity contribution in [2.75, 3.05) is 13.1 Å². The Balaban J connectivity index is 1.28. The van der Waals surface area contributed by atoms with Crippen LogP contribution in [0.15, 0.2) is 24.3 Å². The van der Waals surface area contributed by atoms with E-state index in [9.17, 15) is 9.90 Å². The summed E-state index contributed by atoms with van der Waals surface area (Å²) in [5.41, 5.74) is 2.97.